The maximum Gasteiger partial charge on any atom is 0.242 e. The van der Waals surface area contributed by atoms with Crippen LogP contribution in [0, 0.1) is 12.7 Å². The summed E-state index contributed by atoms with van der Waals surface area (Å²) in [5, 5.41) is 4.22. The van der Waals surface area contributed by atoms with Crippen LogP contribution in [-0.2, 0) is 15.6 Å². The fourth-order valence-electron chi connectivity index (χ4n) is 3.68. The summed E-state index contributed by atoms with van der Waals surface area (Å²) in [6.07, 6.45) is 5.29. The van der Waals surface area contributed by atoms with Crippen LogP contribution in [0.25, 0.3) is 10.9 Å². The van der Waals surface area contributed by atoms with Crippen molar-refractivity contribution in [3.8, 4) is 0 Å². The van der Waals surface area contributed by atoms with Crippen LogP contribution in [0.1, 0.15) is 43.8 Å². The van der Waals surface area contributed by atoms with Gasteiger partial charge in [-0.3, -0.25) is 4.98 Å². The summed E-state index contributed by atoms with van der Waals surface area (Å²) in [4.78, 5) is 8.24. The van der Waals surface area contributed by atoms with Gasteiger partial charge in [-0.15, -0.1) is 0 Å². The fourth-order valence-corrected chi connectivity index (χ4v) is 5.30. The van der Waals surface area contributed by atoms with E-state index in [0.717, 1.165) is 25.3 Å². The van der Waals surface area contributed by atoms with E-state index >= 15 is 0 Å². The van der Waals surface area contributed by atoms with Gasteiger partial charge in [0.25, 0.3) is 0 Å². The number of sulfonamides is 1. The van der Waals surface area contributed by atoms with Gasteiger partial charge < -0.3 is 4.52 Å². The fraction of sp³-hybridized carbons (Fsp3) is 0.389. The summed E-state index contributed by atoms with van der Waals surface area (Å²) in [6.45, 7) is 1.67. The number of nitrogens with one attached hydrogen (secondary N) is 1. The monoisotopic (exact) mass is 390 g/mol. The van der Waals surface area contributed by atoms with Gasteiger partial charge in [-0.25, -0.2) is 12.8 Å². The first-order valence-corrected chi connectivity index (χ1v) is 10.3. The Labute approximate surface area is 156 Å². The smallest absolute Gasteiger partial charge is 0.242 e. The minimum atomic E-state index is -3.98. The average Bonchev–Trinajstić information content (AvgIpc) is 3.10. The molecule has 0 spiro atoms. The molecule has 1 aliphatic carbocycles. The van der Waals surface area contributed by atoms with E-state index in [1.807, 2.05) is 0 Å². The number of nitrogens with zero attached hydrogens (tertiary/aromatic N) is 3. The standard InChI is InChI=1S/C18H19FN4O3S/c1-12-21-17(22-26-12)18(9-3-2-4-10-18)23-27(24,25)15-8-7-14(19)16-13(15)6-5-11-20-16/h5-8,11,23H,2-4,9-10H2,1H3. The molecule has 1 aromatic carbocycles. The molecular weight excluding hydrogens is 371 g/mol. The van der Waals surface area contributed by atoms with Crippen LogP contribution in [0.15, 0.2) is 39.9 Å². The molecule has 0 bridgehead atoms. The maximum atomic E-state index is 14.0. The van der Waals surface area contributed by atoms with Gasteiger partial charge in [-0.1, -0.05) is 24.4 Å². The van der Waals surface area contributed by atoms with Gasteiger partial charge >= 0.3 is 0 Å². The van der Waals surface area contributed by atoms with E-state index in [1.54, 1.807) is 19.1 Å². The quantitative estimate of drug-likeness (QED) is 0.735. The van der Waals surface area contributed by atoms with E-state index in [9.17, 15) is 12.8 Å². The van der Waals surface area contributed by atoms with Crippen LogP contribution in [0.2, 0.25) is 0 Å². The zero-order valence-corrected chi connectivity index (χ0v) is 15.6. The summed E-state index contributed by atoms with van der Waals surface area (Å²) in [7, 11) is -3.98. The molecule has 2 heterocycles. The van der Waals surface area contributed by atoms with Crippen molar-refractivity contribution in [2.45, 2.75) is 49.5 Å². The number of benzene rings is 1. The van der Waals surface area contributed by atoms with Crippen molar-refractivity contribution in [3.63, 3.8) is 0 Å². The molecule has 0 radical (unpaired) electrons. The molecule has 0 aliphatic heterocycles. The SMILES string of the molecule is Cc1nc(C2(NS(=O)(=O)c3ccc(F)c4ncccc34)CCCCC2)no1. The summed E-state index contributed by atoms with van der Waals surface area (Å²) in [5.41, 5.74) is -0.911. The lowest BCUT2D eigenvalue weighted by molar-refractivity contribution is 0.248. The molecule has 1 fully saturated rings. The molecule has 1 aliphatic rings. The van der Waals surface area contributed by atoms with Gasteiger partial charge in [-0.2, -0.15) is 9.71 Å². The van der Waals surface area contributed by atoms with E-state index in [4.69, 9.17) is 4.52 Å². The van der Waals surface area contributed by atoms with E-state index in [-0.39, 0.29) is 15.8 Å². The highest BCUT2D eigenvalue weighted by Crippen LogP contribution is 2.37. The molecule has 7 nitrogen and oxygen atoms in total. The maximum absolute atomic E-state index is 14.0. The third-order valence-corrected chi connectivity index (χ3v) is 6.56. The Hall–Kier alpha value is -2.39. The number of aromatic nitrogens is 3. The van der Waals surface area contributed by atoms with Crippen LogP contribution in [0.4, 0.5) is 4.39 Å². The van der Waals surface area contributed by atoms with Crippen molar-refractivity contribution in [1.29, 1.82) is 0 Å². The van der Waals surface area contributed by atoms with E-state index < -0.39 is 21.4 Å². The van der Waals surface area contributed by atoms with Crippen molar-refractivity contribution in [2.24, 2.45) is 0 Å². The first-order valence-electron chi connectivity index (χ1n) is 8.79. The summed E-state index contributed by atoms with van der Waals surface area (Å²) in [6, 6.07) is 5.52. The van der Waals surface area contributed by atoms with Gasteiger partial charge in [0.15, 0.2) is 5.82 Å². The molecule has 0 amide bonds. The molecule has 27 heavy (non-hydrogen) atoms. The number of hydrogen-bond donors (Lipinski definition) is 1. The predicted octanol–water partition coefficient (Wildman–Crippen LogP) is 3.20. The molecule has 0 atom stereocenters. The van der Waals surface area contributed by atoms with Gasteiger partial charge in [0, 0.05) is 18.5 Å². The zero-order valence-electron chi connectivity index (χ0n) is 14.8. The molecule has 0 unspecified atom stereocenters. The Bertz CT molecular complexity index is 1090. The van der Waals surface area contributed by atoms with Crippen LogP contribution < -0.4 is 4.72 Å². The molecule has 0 saturated heterocycles. The topological polar surface area (TPSA) is 98.0 Å². The first-order chi connectivity index (χ1) is 12.9. The highest BCUT2D eigenvalue weighted by atomic mass is 32.2. The van der Waals surface area contributed by atoms with E-state index in [2.05, 4.69) is 19.8 Å². The van der Waals surface area contributed by atoms with Crippen LogP contribution in [0.5, 0.6) is 0 Å². The van der Waals surface area contributed by atoms with Gasteiger partial charge in [-0.05, 0) is 37.1 Å². The van der Waals surface area contributed by atoms with Gasteiger partial charge in [0.2, 0.25) is 15.9 Å². The van der Waals surface area contributed by atoms with Crippen molar-refractivity contribution >= 4 is 20.9 Å². The van der Waals surface area contributed by atoms with Crippen molar-refractivity contribution in [3.05, 3.63) is 48.0 Å². The number of pyridine rings is 1. The van der Waals surface area contributed by atoms with Crippen LogP contribution in [-0.4, -0.2) is 23.5 Å². The Morgan fingerprint density at radius 3 is 2.67 bits per heavy atom. The summed E-state index contributed by atoms with van der Waals surface area (Å²) in [5.74, 6) is 0.157. The normalized spacial score (nSPS) is 17.3. The van der Waals surface area contributed by atoms with Crippen molar-refractivity contribution < 1.29 is 17.3 Å². The minimum Gasteiger partial charge on any atom is -0.340 e. The first kappa shape index (κ1) is 18.0. The second-order valence-corrected chi connectivity index (χ2v) is 8.48. The highest BCUT2D eigenvalue weighted by molar-refractivity contribution is 7.89. The largest absolute Gasteiger partial charge is 0.340 e. The number of halogens is 1. The summed E-state index contributed by atoms with van der Waals surface area (Å²) < 4.78 is 48.5. The third-order valence-electron chi connectivity index (χ3n) is 4.96. The summed E-state index contributed by atoms with van der Waals surface area (Å²) >= 11 is 0. The Morgan fingerprint density at radius 1 is 1.19 bits per heavy atom. The Balaban J connectivity index is 1.81. The minimum absolute atomic E-state index is 0.0165. The molecule has 1 N–H and O–H groups in total. The lowest BCUT2D eigenvalue weighted by Gasteiger charge is -2.35. The average molecular weight is 390 g/mol. The molecule has 3 aromatic rings. The van der Waals surface area contributed by atoms with Gasteiger partial charge in [0.1, 0.15) is 11.3 Å². The lowest BCUT2D eigenvalue weighted by Crippen LogP contribution is -2.48. The highest BCUT2D eigenvalue weighted by Gasteiger charge is 2.42. The number of hydrogen-bond acceptors (Lipinski definition) is 6. The molecular formula is C18H19FN4O3S. The Morgan fingerprint density at radius 2 is 1.96 bits per heavy atom. The molecule has 1 saturated carbocycles. The van der Waals surface area contributed by atoms with Crippen molar-refractivity contribution in [2.75, 3.05) is 0 Å². The Kier molecular flexibility index (Phi) is 4.43. The third kappa shape index (κ3) is 3.21. The van der Waals surface area contributed by atoms with Crippen LogP contribution in [0.3, 0.4) is 0 Å². The van der Waals surface area contributed by atoms with Crippen molar-refractivity contribution in [1.82, 2.24) is 19.8 Å². The molecule has 9 heteroatoms. The number of rotatable bonds is 4. The van der Waals surface area contributed by atoms with E-state index in [1.165, 1.54) is 12.3 Å². The molecule has 4 rings (SSSR count). The molecule has 2 aromatic heterocycles. The second kappa shape index (κ2) is 6.65. The zero-order chi connectivity index (χ0) is 19.1. The predicted molar refractivity (Wildman–Crippen MR) is 95.8 cm³/mol. The molecule has 142 valence electrons. The lowest BCUT2D eigenvalue weighted by atomic mass is 9.82. The number of fused-ring (bicyclic) bond motifs is 1. The van der Waals surface area contributed by atoms with Crippen LogP contribution >= 0.6 is 0 Å². The van der Waals surface area contributed by atoms with E-state index in [0.29, 0.717) is 24.6 Å². The second-order valence-electron chi connectivity index (χ2n) is 6.83. The van der Waals surface area contributed by atoms with Gasteiger partial charge in [0.05, 0.1) is 10.4 Å². The number of aryl methyl sites for hydroxylation is 1.